The third kappa shape index (κ3) is 4.30. The second kappa shape index (κ2) is 5.27. The summed E-state index contributed by atoms with van der Waals surface area (Å²) in [7, 11) is 0. The molecule has 0 amide bonds. The number of nitrogens with zero attached hydrogens (tertiary/aromatic N) is 1. The van der Waals surface area contributed by atoms with Gasteiger partial charge in [-0.25, -0.2) is 0 Å². The molecule has 0 radical (unpaired) electrons. The first-order valence-electron chi connectivity index (χ1n) is 6.77. The summed E-state index contributed by atoms with van der Waals surface area (Å²) < 4.78 is 5.93. The second-order valence-corrected chi connectivity index (χ2v) is 6.29. The van der Waals surface area contributed by atoms with Gasteiger partial charge in [0.25, 0.3) is 0 Å². The molecule has 18 heavy (non-hydrogen) atoms. The van der Waals surface area contributed by atoms with Crippen LogP contribution < -0.4 is 10.1 Å². The smallest absolute Gasteiger partial charge is 0.127 e. The molecule has 3 nitrogen and oxygen atoms in total. The summed E-state index contributed by atoms with van der Waals surface area (Å²) >= 11 is 0. The second-order valence-electron chi connectivity index (χ2n) is 6.29. The van der Waals surface area contributed by atoms with Gasteiger partial charge < -0.3 is 10.1 Å². The minimum absolute atomic E-state index is 0.110. The van der Waals surface area contributed by atoms with E-state index >= 15 is 0 Å². The number of hydrogen-bond donors (Lipinski definition) is 1. The molecule has 100 valence electrons. The van der Waals surface area contributed by atoms with Crippen LogP contribution in [0.1, 0.15) is 44.9 Å². The topological polar surface area (TPSA) is 34.1 Å². The van der Waals surface area contributed by atoms with Gasteiger partial charge in [-0.1, -0.05) is 0 Å². The third-order valence-corrected chi connectivity index (χ3v) is 3.06. The van der Waals surface area contributed by atoms with Crippen LogP contribution in [0.5, 0.6) is 5.75 Å². The molecule has 1 aromatic heterocycles. The Morgan fingerprint density at radius 2 is 2.11 bits per heavy atom. The van der Waals surface area contributed by atoms with E-state index in [0.717, 1.165) is 36.1 Å². The lowest BCUT2D eigenvalue weighted by molar-refractivity contribution is 0.293. The molecular weight excluding hydrogens is 224 g/mol. The summed E-state index contributed by atoms with van der Waals surface area (Å²) in [4.78, 5) is 4.36. The molecule has 0 spiro atoms. The van der Waals surface area contributed by atoms with E-state index < -0.39 is 0 Å². The maximum Gasteiger partial charge on any atom is 0.127 e. The van der Waals surface area contributed by atoms with E-state index in [1.807, 2.05) is 19.2 Å². The predicted octanol–water partition coefficient (Wildman–Crippen LogP) is 3.07. The van der Waals surface area contributed by atoms with Crippen molar-refractivity contribution in [1.82, 2.24) is 10.3 Å². The zero-order chi connectivity index (χ0) is 13.2. The van der Waals surface area contributed by atoms with Crippen LogP contribution in [-0.2, 0) is 6.54 Å². The number of hydrogen-bond acceptors (Lipinski definition) is 3. The van der Waals surface area contributed by atoms with Crippen molar-refractivity contribution in [1.29, 1.82) is 0 Å². The van der Waals surface area contributed by atoms with Crippen LogP contribution in [0, 0.1) is 12.8 Å². The van der Waals surface area contributed by atoms with E-state index in [2.05, 4.69) is 31.1 Å². The fourth-order valence-electron chi connectivity index (χ4n) is 1.68. The third-order valence-electron chi connectivity index (χ3n) is 3.06. The van der Waals surface area contributed by atoms with Gasteiger partial charge in [-0.3, -0.25) is 4.98 Å². The van der Waals surface area contributed by atoms with Gasteiger partial charge in [0.1, 0.15) is 5.75 Å². The standard InChI is InChI=1S/C15H24N2O/c1-11-7-14(18-10-12-5-6-12)13(8-16-11)9-17-15(2,3)4/h7-8,12,17H,5-6,9-10H2,1-4H3. The Balaban J connectivity index is 2.01. The van der Waals surface area contributed by atoms with Crippen LogP contribution in [0.25, 0.3) is 0 Å². The summed E-state index contributed by atoms with van der Waals surface area (Å²) in [5.41, 5.74) is 2.27. The minimum Gasteiger partial charge on any atom is -0.493 e. The largest absolute Gasteiger partial charge is 0.493 e. The Bertz CT molecular complexity index is 405. The van der Waals surface area contributed by atoms with Gasteiger partial charge in [0.2, 0.25) is 0 Å². The highest BCUT2D eigenvalue weighted by Gasteiger charge is 2.22. The molecule has 1 N–H and O–H groups in total. The summed E-state index contributed by atoms with van der Waals surface area (Å²) in [6.45, 7) is 10.2. The van der Waals surface area contributed by atoms with Crippen molar-refractivity contribution in [2.75, 3.05) is 6.61 Å². The van der Waals surface area contributed by atoms with Crippen molar-refractivity contribution in [2.45, 2.75) is 52.6 Å². The highest BCUT2D eigenvalue weighted by molar-refractivity contribution is 5.33. The van der Waals surface area contributed by atoms with Gasteiger partial charge in [0.15, 0.2) is 0 Å². The Labute approximate surface area is 110 Å². The molecule has 1 aromatic rings. The lowest BCUT2D eigenvalue weighted by Crippen LogP contribution is -2.35. The van der Waals surface area contributed by atoms with Gasteiger partial charge in [-0.05, 0) is 46.5 Å². The Kier molecular flexibility index (Phi) is 3.91. The van der Waals surface area contributed by atoms with Crippen LogP contribution in [-0.4, -0.2) is 17.1 Å². The molecule has 1 saturated carbocycles. The molecule has 0 unspecified atom stereocenters. The zero-order valence-corrected chi connectivity index (χ0v) is 11.9. The molecular formula is C15H24N2O. The van der Waals surface area contributed by atoms with Crippen LogP contribution in [0.2, 0.25) is 0 Å². The van der Waals surface area contributed by atoms with E-state index in [1.165, 1.54) is 12.8 Å². The Morgan fingerprint density at radius 1 is 1.39 bits per heavy atom. The maximum atomic E-state index is 5.93. The summed E-state index contributed by atoms with van der Waals surface area (Å²) in [5.74, 6) is 1.77. The molecule has 1 heterocycles. The van der Waals surface area contributed by atoms with Gasteiger partial charge in [0.05, 0.1) is 6.61 Å². The molecule has 2 rings (SSSR count). The van der Waals surface area contributed by atoms with Crippen molar-refractivity contribution >= 4 is 0 Å². The van der Waals surface area contributed by atoms with Crippen molar-refractivity contribution in [2.24, 2.45) is 5.92 Å². The fraction of sp³-hybridized carbons (Fsp3) is 0.667. The van der Waals surface area contributed by atoms with Crippen molar-refractivity contribution < 1.29 is 4.74 Å². The van der Waals surface area contributed by atoms with Gasteiger partial charge in [0, 0.05) is 35.6 Å². The van der Waals surface area contributed by atoms with Gasteiger partial charge in [-0.15, -0.1) is 0 Å². The normalized spacial score (nSPS) is 15.8. The number of rotatable bonds is 5. The highest BCUT2D eigenvalue weighted by Crippen LogP contribution is 2.30. The molecule has 3 heteroatoms. The number of pyridine rings is 1. The molecule has 0 bridgehead atoms. The van der Waals surface area contributed by atoms with Crippen LogP contribution >= 0.6 is 0 Å². The molecule has 1 fully saturated rings. The number of aromatic nitrogens is 1. The van der Waals surface area contributed by atoms with E-state index in [4.69, 9.17) is 4.74 Å². The maximum absolute atomic E-state index is 5.93. The zero-order valence-electron chi connectivity index (χ0n) is 11.9. The summed E-state index contributed by atoms with van der Waals surface area (Å²) in [6.07, 6.45) is 4.57. The average Bonchev–Trinajstić information content (AvgIpc) is 3.07. The minimum atomic E-state index is 0.110. The SMILES string of the molecule is Cc1cc(OCC2CC2)c(CNC(C)(C)C)cn1. The number of ether oxygens (including phenoxy) is 1. The monoisotopic (exact) mass is 248 g/mol. The van der Waals surface area contributed by atoms with Gasteiger partial charge in [-0.2, -0.15) is 0 Å². The molecule has 0 atom stereocenters. The van der Waals surface area contributed by atoms with E-state index in [1.54, 1.807) is 0 Å². The lowest BCUT2D eigenvalue weighted by atomic mass is 10.1. The quantitative estimate of drug-likeness (QED) is 0.869. The first-order chi connectivity index (χ1) is 8.44. The molecule has 1 aliphatic carbocycles. The predicted molar refractivity (Wildman–Crippen MR) is 73.8 cm³/mol. The lowest BCUT2D eigenvalue weighted by Gasteiger charge is -2.21. The average molecular weight is 248 g/mol. The molecule has 0 aliphatic heterocycles. The molecule has 0 aromatic carbocycles. The van der Waals surface area contributed by atoms with Crippen LogP contribution in [0.4, 0.5) is 0 Å². The fourth-order valence-corrected chi connectivity index (χ4v) is 1.68. The first kappa shape index (κ1) is 13.3. The van der Waals surface area contributed by atoms with E-state index in [-0.39, 0.29) is 5.54 Å². The van der Waals surface area contributed by atoms with Crippen molar-refractivity contribution in [3.8, 4) is 5.75 Å². The highest BCUT2D eigenvalue weighted by atomic mass is 16.5. The summed E-state index contributed by atoms with van der Waals surface area (Å²) in [5, 5.41) is 3.48. The van der Waals surface area contributed by atoms with Crippen LogP contribution in [0.15, 0.2) is 12.3 Å². The van der Waals surface area contributed by atoms with Gasteiger partial charge >= 0.3 is 0 Å². The Morgan fingerprint density at radius 3 is 2.72 bits per heavy atom. The van der Waals surface area contributed by atoms with E-state index in [9.17, 15) is 0 Å². The van der Waals surface area contributed by atoms with Crippen molar-refractivity contribution in [3.05, 3.63) is 23.5 Å². The van der Waals surface area contributed by atoms with Crippen LogP contribution in [0.3, 0.4) is 0 Å². The molecule has 0 saturated heterocycles. The molecule has 1 aliphatic rings. The number of nitrogens with one attached hydrogen (secondary N) is 1. The Hall–Kier alpha value is -1.09. The summed E-state index contributed by atoms with van der Waals surface area (Å²) in [6, 6.07) is 2.04. The first-order valence-corrected chi connectivity index (χ1v) is 6.77. The number of aryl methyl sites for hydroxylation is 1. The van der Waals surface area contributed by atoms with Crippen molar-refractivity contribution in [3.63, 3.8) is 0 Å². The van der Waals surface area contributed by atoms with E-state index in [0.29, 0.717) is 0 Å².